The lowest BCUT2D eigenvalue weighted by molar-refractivity contribution is -0.134. The molecule has 0 radical (unpaired) electrons. The van der Waals surface area contributed by atoms with Crippen LogP contribution in [0.25, 0.3) is 10.9 Å². The molecule has 1 aliphatic carbocycles. The highest BCUT2D eigenvalue weighted by Crippen LogP contribution is 2.34. The molecular formula is C23H27N5O6S. The van der Waals surface area contributed by atoms with E-state index in [4.69, 9.17) is 4.74 Å². The average Bonchev–Trinajstić information content (AvgIpc) is 3.44. The molecule has 3 heterocycles. The van der Waals surface area contributed by atoms with Gasteiger partial charge in [0.25, 0.3) is 0 Å². The number of carbonyl (C=O) groups excluding carboxylic acids is 1. The monoisotopic (exact) mass is 501 g/mol. The number of fused-ring (bicyclic) bond motifs is 2. The van der Waals surface area contributed by atoms with Crippen molar-refractivity contribution in [2.45, 2.75) is 43.2 Å². The lowest BCUT2D eigenvalue weighted by Gasteiger charge is -2.37. The molecule has 0 spiro atoms. The Hall–Kier alpha value is -3.22. The van der Waals surface area contributed by atoms with Crippen LogP contribution in [0.3, 0.4) is 0 Å². The number of aromatic nitrogens is 1. The Balaban J connectivity index is 1.44. The van der Waals surface area contributed by atoms with Crippen molar-refractivity contribution in [3.63, 3.8) is 0 Å². The van der Waals surface area contributed by atoms with Gasteiger partial charge in [-0.2, -0.15) is 4.72 Å². The Morgan fingerprint density at radius 2 is 2.09 bits per heavy atom. The number of rotatable bonds is 6. The van der Waals surface area contributed by atoms with Gasteiger partial charge >= 0.3 is 6.09 Å². The highest BCUT2D eigenvalue weighted by atomic mass is 32.2. The molecule has 5 rings (SSSR count). The van der Waals surface area contributed by atoms with Crippen molar-refractivity contribution < 1.29 is 27.9 Å². The summed E-state index contributed by atoms with van der Waals surface area (Å²) in [5.41, 5.74) is 0.771. The molecule has 2 saturated heterocycles. The molecule has 12 heteroatoms. The molecule has 1 aromatic heterocycles. The number of hydrogen-bond acceptors (Lipinski definition) is 7. The summed E-state index contributed by atoms with van der Waals surface area (Å²) in [5, 5.41) is 15.4. The molecule has 186 valence electrons. The highest BCUT2D eigenvalue weighted by molar-refractivity contribution is 7.89. The van der Waals surface area contributed by atoms with Gasteiger partial charge in [0.1, 0.15) is 17.9 Å². The van der Waals surface area contributed by atoms with E-state index in [1.807, 2.05) is 30.3 Å². The minimum atomic E-state index is -3.97. The predicted molar refractivity (Wildman–Crippen MR) is 127 cm³/mol. The summed E-state index contributed by atoms with van der Waals surface area (Å²) < 4.78 is 34.6. The molecular weight excluding hydrogens is 474 g/mol. The Bertz CT molecular complexity index is 1260. The van der Waals surface area contributed by atoms with Gasteiger partial charge in [0, 0.05) is 24.0 Å². The van der Waals surface area contributed by atoms with Gasteiger partial charge in [0.2, 0.25) is 15.9 Å². The number of nitrogens with zero attached hydrogens (tertiary/aromatic N) is 2. The van der Waals surface area contributed by atoms with Gasteiger partial charge in [-0.15, -0.1) is 6.58 Å². The van der Waals surface area contributed by atoms with E-state index in [9.17, 15) is 23.1 Å². The summed E-state index contributed by atoms with van der Waals surface area (Å²) in [6, 6.07) is 7.35. The van der Waals surface area contributed by atoms with Crippen LogP contribution in [0, 0.1) is 5.92 Å². The van der Waals surface area contributed by atoms with Crippen LogP contribution in [0.1, 0.15) is 12.8 Å². The number of sulfonamides is 1. The minimum Gasteiger partial charge on any atom is -0.488 e. The maximum Gasteiger partial charge on any atom is 0.405 e. The lowest BCUT2D eigenvalue weighted by Crippen LogP contribution is -2.65. The molecule has 3 fully saturated rings. The zero-order valence-corrected chi connectivity index (χ0v) is 19.6. The van der Waals surface area contributed by atoms with Gasteiger partial charge < -0.3 is 20.1 Å². The van der Waals surface area contributed by atoms with E-state index in [1.54, 1.807) is 12.3 Å². The Morgan fingerprint density at radius 1 is 1.29 bits per heavy atom. The number of carboxylic acid groups (broad SMARTS) is 1. The van der Waals surface area contributed by atoms with Crippen molar-refractivity contribution in [3.05, 3.63) is 49.2 Å². The SMILES string of the molecule is C=CC1CC1NC1NS(=O)(=O)CC(NC(=O)O)C(=O)N2CC(Oc3ccnc4ccccc34)CC12. The van der Waals surface area contributed by atoms with E-state index in [2.05, 4.69) is 26.9 Å². The van der Waals surface area contributed by atoms with Gasteiger partial charge in [-0.3, -0.25) is 15.1 Å². The molecule has 1 aromatic carbocycles. The fourth-order valence-corrected chi connectivity index (χ4v) is 6.31. The molecule has 11 nitrogen and oxygen atoms in total. The van der Waals surface area contributed by atoms with Crippen molar-refractivity contribution in [2.24, 2.45) is 5.92 Å². The number of ether oxygens (including phenoxy) is 1. The molecule has 6 atom stereocenters. The van der Waals surface area contributed by atoms with Gasteiger partial charge in [-0.1, -0.05) is 18.2 Å². The molecule has 6 unspecified atom stereocenters. The second-order valence-corrected chi connectivity index (χ2v) is 10.9. The first kappa shape index (κ1) is 23.5. The first-order valence-electron chi connectivity index (χ1n) is 11.4. The number of hydrogen-bond donors (Lipinski definition) is 4. The zero-order chi connectivity index (χ0) is 24.7. The van der Waals surface area contributed by atoms with Crippen molar-refractivity contribution in [2.75, 3.05) is 12.3 Å². The smallest absolute Gasteiger partial charge is 0.405 e. The second-order valence-electron chi connectivity index (χ2n) is 9.15. The molecule has 35 heavy (non-hydrogen) atoms. The summed E-state index contributed by atoms with van der Waals surface area (Å²) in [5.74, 6) is -0.429. The largest absolute Gasteiger partial charge is 0.488 e. The second kappa shape index (κ2) is 9.10. The van der Waals surface area contributed by atoms with Crippen LogP contribution in [0.15, 0.2) is 49.2 Å². The van der Waals surface area contributed by atoms with Crippen molar-refractivity contribution in [3.8, 4) is 5.75 Å². The third kappa shape index (κ3) is 4.95. The van der Waals surface area contributed by atoms with Crippen molar-refractivity contribution >= 4 is 32.9 Å². The minimum absolute atomic E-state index is 0.0497. The fraction of sp³-hybridized carbons (Fsp3) is 0.435. The first-order valence-corrected chi connectivity index (χ1v) is 13.1. The summed E-state index contributed by atoms with van der Waals surface area (Å²) in [6.07, 6.45) is 2.01. The number of benzene rings is 1. The maximum absolute atomic E-state index is 13.4. The topological polar surface area (TPSA) is 150 Å². The van der Waals surface area contributed by atoms with Gasteiger partial charge in [0.05, 0.1) is 30.0 Å². The zero-order valence-electron chi connectivity index (χ0n) is 18.8. The molecule has 3 aliphatic rings. The summed E-state index contributed by atoms with van der Waals surface area (Å²) in [6.45, 7) is 3.98. The standard InChI is InChI=1S/C23H27N5O6S/c1-2-13-9-17(13)25-21-19-10-14(34-20-7-8-24-16-6-4-3-5-15(16)20)11-28(19)22(29)18(26-23(30)31)12-35(32,33)27-21/h2-8,13-14,17-19,21,25-27H,1,9-12H2,(H,30,31). The fourth-order valence-electron chi connectivity index (χ4n) is 4.94. The Labute approximate surface area is 202 Å². The normalized spacial score (nSPS) is 31.8. The van der Waals surface area contributed by atoms with E-state index in [0.717, 1.165) is 17.3 Å². The van der Waals surface area contributed by atoms with Crippen LogP contribution in [0.2, 0.25) is 0 Å². The van der Waals surface area contributed by atoms with Crippen LogP contribution in [-0.2, 0) is 14.8 Å². The van der Waals surface area contributed by atoms with E-state index in [0.29, 0.717) is 12.2 Å². The lowest BCUT2D eigenvalue weighted by atomic mass is 10.1. The van der Waals surface area contributed by atoms with Gasteiger partial charge in [-0.05, 0) is 30.5 Å². The summed E-state index contributed by atoms with van der Waals surface area (Å²) in [4.78, 5) is 30.5. The first-order chi connectivity index (χ1) is 16.7. The Morgan fingerprint density at radius 3 is 2.83 bits per heavy atom. The van der Waals surface area contributed by atoms with Crippen molar-refractivity contribution in [1.82, 2.24) is 25.2 Å². The van der Waals surface area contributed by atoms with Crippen LogP contribution in [0.4, 0.5) is 4.79 Å². The van der Waals surface area contributed by atoms with Gasteiger partial charge in [-0.25, -0.2) is 13.2 Å². The summed E-state index contributed by atoms with van der Waals surface area (Å²) >= 11 is 0. The van der Waals surface area contributed by atoms with Crippen LogP contribution >= 0.6 is 0 Å². The Kier molecular flexibility index (Phi) is 6.11. The summed E-state index contributed by atoms with van der Waals surface area (Å²) in [7, 11) is -3.97. The third-order valence-electron chi connectivity index (χ3n) is 6.70. The van der Waals surface area contributed by atoms with Crippen molar-refractivity contribution in [1.29, 1.82) is 0 Å². The number of para-hydroxylation sites is 1. The third-order valence-corrected chi connectivity index (χ3v) is 8.09. The average molecular weight is 502 g/mol. The molecule has 2 aliphatic heterocycles. The van der Waals surface area contributed by atoms with Crippen LogP contribution < -0.4 is 20.1 Å². The maximum atomic E-state index is 13.4. The molecule has 4 N–H and O–H groups in total. The number of nitrogens with one attached hydrogen (secondary N) is 3. The number of pyridine rings is 1. The van der Waals surface area contributed by atoms with E-state index in [1.165, 1.54) is 4.90 Å². The van der Waals surface area contributed by atoms with E-state index in [-0.39, 0.29) is 18.5 Å². The van der Waals surface area contributed by atoms with Crippen LogP contribution in [-0.4, -0.2) is 78.1 Å². The number of amides is 2. The van der Waals surface area contributed by atoms with Gasteiger partial charge in [0.15, 0.2) is 0 Å². The van der Waals surface area contributed by atoms with E-state index < -0.39 is 52.1 Å². The molecule has 2 aromatic rings. The number of carbonyl (C=O) groups is 2. The van der Waals surface area contributed by atoms with Crippen LogP contribution in [0.5, 0.6) is 5.75 Å². The highest BCUT2D eigenvalue weighted by Gasteiger charge is 2.49. The predicted octanol–water partition coefficient (Wildman–Crippen LogP) is 0.643. The quantitative estimate of drug-likeness (QED) is 0.421. The molecule has 2 amide bonds. The van der Waals surface area contributed by atoms with E-state index >= 15 is 0 Å². The molecule has 1 saturated carbocycles. The molecule has 0 bridgehead atoms.